The molecule has 144 valence electrons. The Bertz CT molecular complexity index is 989. The Morgan fingerprint density at radius 3 is 2.67 bits per heavy atom. The number of aryl methyl sites for hydroxylation is 3. The van der Waals surface area contributed by atoms with Crippen LogP contribution >= 0.6 is 0 Å². The minimum absolute atomic E-state index is 0.0498. The summed E-state index contributed by atoms with van der Waals surface area (Å²) in [4.78, 5) is 16.4. The summed E-state index contributed by atoms with van der Waals surface area (Å²) in [5, 5.41) is 10.8. The average Bonchev–Trinajstić information content (AvgIpc) is 3.16. The van der Waals surface area contributed by atoms with Crippen LogP contribution in [-0.4, -0.2) is 30.5 Å². The van der Waals surface area contributed by atoms with E-state index in [-0.39, 0.29) is 41.4 Å². The zero-order chi connectivity index (χ0) is 19.8. The van der Waals surface area contributed by atoms with Crippen LogP contribution in [0.5, 0.6) is 0 Å². The molecule has 7 nitrogen and oxygen atoms in total. The zero-order valence-electron chi connectivity index (χ0n) is 15.1. The Kier molecular flexibility index (Phi) is 4.90. The fourth-order valence-electron chi connectivity index (χ4n) is 2.88. The second-order valence-corrected chi connectivity index (χ2v) is 6.23. The van der Waals surface area contributed by atoms with E-state index in [1.807, 2.05) is 13.1 Å². The molecule has 3 heterocycles. The molecule has 0 bridgehead atoms. The van der Waals surface area contributed by atoms with Gasteiger partial charge in [0.25, 0.3) is 0 Å². The molecule has 0 saturated heterocycles. The predicted molar refractivity (Wildman–Crippen MR) is 91.8 cm³/mol. The van der Waals surface area contributed by atoms with Gasteiger partial charge in [0.2, 0.25) is 5.91 Å². The lowest BCUT2D eigenvalue weighted by molar-refractivity contribution is -0.136. The summed E-state index contributed by atoms with van der Waals surface area (Å²) < 4.78 is 43.0. The van der Waals surface area contributed by atoms with E-state index in [9.17, 15) is 18.0 Å². The van der Waals surface area contributed by atoms with Crippen molar-refractivity contribution in [2.45, 2.75) is 46.6 Å². The summed E-state index contributed by atoms with van der Waals surface area (Å²) >= 11 is 0. The summed E-state index contributed by atoms with van der Waals surface area (Å²) in [6.07, 6.45) is -1.06. The van der Waals surface area contributed by atoms with Gasteiger partial charge >= 0.3 is 6.18 Å². The van der Waals surface area contributed by atoms with Crippen molar-refractivity contribution in [3.8, 4) is 0 Å². The van der Waals surface area contributed by atoms with Crippen molar-refractivity contribution >= 4 is 16.9 Å². The van der Waals surface area contributed by atoms with E-state index >= 15 is 0 Å². The molecule has 0 aliphatic rings. The van der Waals surface area contributed by atoms with Gasteiger partial charge in [-0.15, -0.1) is 0 Å². The molecule has 0 aromatic carbocycles. The maximum atomic E-state index is 13.3. The van der Waals surface area contributed by atoms with Gasteiger partial charge in [-0.1, -0.05) is 0 Å². The number of hydrogen-bond donors (Lipinski definition) is 1. The minimum Gasteiger partial charge on any atom is -0.350 e. The molecule has 1 amide bonds. The van der Waals surface area contributed by atoms with Crippen LogP contribution < -0.4 is 5.32 Å². The van der Waals surface area contributed by atoms with E-state index in [1.165, 1.54) is 18.5 Å². The number of nitrogens with zero attached hydrogens (tertiary/aromatic N) is 5. The Labute approximate surface area is 153 Å². The Hall–Kier alpha value is -2.91. The highest BCUT2D eigenvalue weighted by atomic mass is 19.4. The third-order valence-electron chi connectivity index (χ3n) is 4.10. The van der Waals surface area contributed by atoms with E-state index in [4.69, 9.17) is 0 Å². The molecule has 0 radical (unpaired) electrons. The molecule has 0 fully saturated rings. The van der Waals surface area contributed by atoms with E-state index in [0.717, 1.165) is 18.2 Å². The number of pyridine rings is 1. The molecule has 3 aromatic rings. The second kappa shape index (κ2) is 7.01. The SMILES string of the molecule is CCn1cc(CNC(=O)Cn2nc(C)c3c(C(F)(F)F)cc(C)nc32)cn1. The summed E-state index contributed by atoms with van der Waals surface area (Å²) in [5.74, 6) is -0.375. The van der Waals surface area contributed by atoms with Crippen molar-refractivity contribution in [3.63, 3.8) is 0 Å². The lowest BCUT2D eigenvalue weighted by atomic mass is 10.1. The van der Waals surface area contributed by atoms with Gasteiger partial charge in [-0.2, -0.15) is 23.4 Å². The van der Waals surface area contributed by atoms with Gasteiger partial charge in [0, 0.05) is 30.5 Å². The predicted octanol–water partition coefficient (Wildman–Crippen LogP) is 2.60. The molecule has 0 saturated carbocycles. The normalized spacial score (nSPS) is 11.9. The molecular weight excluding hydrogens is 361 g/mol. The third-order valence-corrected chi connectivity index (χ3v) is 4.10. The van der Waals surface area contributed by atoms with Gasteiger partial charge in [-0.05, 0) is 26.8 Å². The van der Waals surface area contributed by atoms with Crippen LogP contribution in [-0.2, 0) is 30.6 Å². The van der Waals surface area contributed by atoms with Gasteiger partial charge in [-0.3, -0.25) is 9.48 Å². The minimum atomic E-state index is -4.52. The summed E-state index contributed by atoms with van der Waals surface area (Å²) in [6.45, 7) is 5.68. The first-order valence-electron chi connectivity index (χ1n) is 8.39. The smallest absolute Gasteiger partial charge is 0.350 e. The van der Waals surface area contributed by atoms with E-state index in [1.54, 1.807) is 10.9 Å². The molecule has 0 spiro atoms. The maximum Gasteiger partial charge on any atom is 0.417 e. The second-order valence-electron chi connectivity index (χ2n) is 6.23. The topological polar surface area (TPSA) is 77.6 Å². The summed E-state index contributed by atoms with van der Waals surface area (Å²) in [6, 6.07) is 0.993. The third kappa shape index (κ3) is 3.93. The number of rotatable bonds is 5. The molecule has 0 atom stereocenters. The first-order chi connectivity index (χ1) is 12.7. The number of halogens is 3. The Morgan fingerprint density at radius 1 is 1.30 bits per heavy atom. The van der Waals surface area contributed by atoms with Gasteiger partial charge in [0.15, 0.2) is 5.65 Å². The lowest BCUT2D eigenvalue weighted by Crippen LogP contribution is -2.27. The van der Waals surface area contributed by atoms with Crippen molar-refractivity contribution in [3.05, 3.63) is 41.0 Å². The number of carbonyl (C=O) groups is 1. The van der Waals surface area contributed by atoms with Gasteiger partial charge in [0.1, 0.15) is 6.54 Å². The Morgan fingerprint density at radius 2 is 2.04 bits per heavy atom. The molecule has 0 unspecified atom stereocenters. The lowest BCUT2D eigenvalue weighted by Gasteiger charge is -2.10. The molecule has 3 aromatic heterocycles. The van der Waals surface area contributed by atoms with Crippen LogP contribution in [0.2, 0.25) is 0 Å². The van der Waals surface area contributed by atoms with Crippen molar-refractivity contribution in [1.29, 1.82) is 0 Å². The zero-order valence-corrected chi connectivity index (χ0v) is 15.1. The number of fused-ring (bicyclic) bond motifs is 1. The van der Waals surface area contributed by atoms with Crippen LogP contribution in [0.25, 0.3) is 11.0 Å². The number of nitrogens with one attached hydrogen (secondary N) is 1. The molecular formula is C17H19F3N6O. The summed E-state index contributed by atoms with van der Waals surface area (Å²) in [5.41, 5.74) is 0.486. The van der Waals surface area contributed by atoms with Crippen molar-refractivity contribution in [2.24, 2.45) is 0 Å². The average molecular weight is 380 g/mol. The monoisotopic (exact) mass is 380 g/mol. The standard InChI is InChI=1S/C17H19F3N6O/c1-4-25-8-12(7-22-25)6-21-14(27)9-26-16-15(11(3)24-26)13(17(18,19)20)5-10(2)23-16/h5,7-8H,4,6,9H2,1-3H3,(H,21,27). The van der Waals surface area contributed by atoms with E-state index in [2.05, 4.69) is 20.5 Å². The fraction of sp³-hybridized carbons (Fsp3) is 0.412. The van der Waals surface area contributed by atoms with Crippen molar-refractivity contribution in [2.75, 3.05) is 0 Å². The van der Waals surface area contributed by atoms with Crippen LogP contribution in [0.4, 0.5) is 13.2 Å². The summed E-state index contributed by atoms with van der Waals surface area (Å²) in [7, 11) is 0. The van der Waals surface area contributed by atoms with Crippen molar-refractivity contribution in [1.82, 2.24) is 29.9 Å². The molecule has 10 heteroatoms. The van der Waals surface area contributed by atoms with Crippen LogP contribution in [0.15, 0.2) is 18.5 Å². The van der Waals surface area contributed by atoms with Gasteiger partial charge in [-0.25, -0.2) is 9.67 Å². The quantitative estimate of drug-likeness (QED) is 0.738. The highest BCUT2D eigenvalue weighted by molar-refractivity contribution is 5.85. The molecule has 3 rings (SSSR count). The maximum absolute atomic E-state index is 13.3. The number of carbonyl (C=O) groups excluding carboxylic acids is 1. The largest absolute Gasteiger partial charge is 0.417 e. The number of amides is 1. The van der Waals surface area contributed by atoms with Crippen LogP contribution in [0, 0.1) is 13.8 Å². The highest BCUT2D eigenvalue weighted by Crippen LogP contribution is 2.36. The Balaban J connectivity index is 1.82. The number of aromatic nitrogens is 5. The fourth-order valence-corrected chi connectivity index (χ4v) is 2.88. The highest BCUT2D eigenvalue weighted by Gasteiger charge is 2.35. The molecule has 0 aliphatic heterocycles. The van der Waals surface area contributed by atoms with Crippen molar-refractivity contribution < 1.29 is 18.0 Å². The molecule has 27 heavy (non-hydrogen) atoms. The first kappa shape index (κ1) is 18.9. The van der Waals surface area contributed by atoms with E-state index < -0.39 is 11.7 Å². The molecule has 0 aliphatic carbocycles. The van der Waals surface area contributed by atoms with Crippen LogP contribution in [0.1, 0.15) is 29.4 Å². The first-order valence-corrected chi connectivity index (χ1v) is 8.39. The van der Waals surface area contributed by atoms with E-state index in [0.29, 0.717) is 0 Å². The molecule has 1 N–H and O–H groups in total. The number of hydrogen-bond acceptors (Lipinski definition) is 4. The van der Waals surface area contributed by atoms with Gasteiger partial charge < -0.3 is 5.32 Å². The van der Waals surface area contributed by atoms with Gasteiger partial charge in [0.05, 0.1) is 22.8 Å². The number of alkyl halides is 3. The van der Waals surface area contributed by atoms with Crippen LogP contribution in [0.3, 0.4) is 0 Å².